The van der Waals surface area contributed by atoms with Gasteiger partial charge in [-0.05, 0) is 24.3 Å². The minimum absolute atomic E-state index is 0.998. The highest BCUT2D eigenvalue weighted by molar-refractivity contribution is 7.98. The summed E-state index contributed by atoms with van der Waals surface area (Å²) in [5, 5.41) is 0. The van der Waals surface area contributed by atoms with Gasteiger partial charge in [0, 0.05) is 6.42 Å². The zero-order chi connectivity index (χ0) is 8.81. The van der Waals surface area contributed by atoms with Crippen LogP contribution in [0.15, 0.2) is 16.5 Å². The zero-order valence-electron chi connectivity index (χ0n) is 7.80. The molecule has 1 nitrogen and oxygen atoms in total. The van der Waals surface area contributed by atoms with Crippen molar-refractivity contribution < 1.29 is 4.42 Å². The number of hydrogen-bond acceptors (Lipinski definition) is 2. The van der Waals surface area contributed by atoms with Gasteiger partial charge < -0.3 is 4.42 Å². The summed E-state index contributed by atoms with van der Waals surface area (Å²) < 4.78 is 5.56. The lowest BCUT2D eigenvalue weighted by Gasteiger charge is -1.95. The minimum Gasteiger partial charge on any atom is -0.465 e. The first-order valence-corrected chi connectivity index (χ1v) is 5.67. The van der Waals surface area contributed by atoms with E-state index in [4.69, 9.17) is 4.42 Å². The molecule has 12 heavy (non-hydrogen) atoms. The van der Waals surface area contributed by atoms with Crippen LogP contribution in [0, 0.1) is 0 Å². The van der Waals surface area contributed by atoms with E-state index in [2.05, 4.69) is 26.0 Å². The molecule has 0 aliphatic heterocycles. The van der Waals surface area contributed by atoms with Crippen molar-refractivity contribution in [3.05, 3.63) is 23.7 Å². The van der Waals surface area contributed by atoms with Gasteiger partial charge in [-0.15, -0.1) is 0 Å². The lowest BCUT2D eigenvalue weighted by Crippen LogP contribution is -1.78. The second kappa shape index (κ2) is 5.31. The van der Waals surface area contributed by atoms with E-state index in [0.29, 0.717) is 0 Å². The van der Waals surface area contributed by atoms with Crippen molar-refractivity contribution in [2.45, 2.75) is 32.4 Å². The van der Waals surface area contributed by atoms with Gasteiger partial charge in [0.25, 0.3) is 0 Å². The van der Waals surface area contributed by atoms with Gasteiger partial charge in [-0.25, -0.2) is 0 Å². The van der Waals surface area contributed by atoms with E-state index in [1.165, 1.54) is 12.2 Å². The third-order valence-electron chi connectivity index (χ3n) is 1.66. The molecule has 0 fully saturated rings. The van der Waals surface area contributed by atoms with Gasteiger partial charge >= 0.3 is 0 Å². The molecule has 0 atom stereocenters. The molecule has 0 aliphatic carbocycles. The first-order valence-electron chi connectivity index (χ1n) is 4.52. The van der Waals surface area contributed by atoms with Crippen LogP contribution in [0.25, 0.3) is 0 Å². The Morgan fingerprint density at radius 2 is 2.00 bits per heavy atom. The molecular formula is C10H16OS. The van der Waals surface area contributed by atoms with Crippen LogP contribution in [-0.4, -0.2) is 5.75 Å². The van der Waals surface area contributed by atoms with Crippen molar-refractivity contribution in [3.8, 4) is 0 Å². The molecule has 68 valence electrons. The largest absolute Gasteiger partial charge is 0.465 e. The van der Waals surface area contributed by atoms with Gasteiger partial charge in [-0.2, -0.15) is 11.8 Å². The summed E-state index contributed by atoms with van der Waals surface area (Å²) in [4.78, 5) is 0. The average Bonchev–Trinajstić information content (AvgIpc) is 2.53. The van der Waals surface area contributed by atoms with E-state index in [-0.39, 0.29) is 0 Å². The second-order valence-electron chi connectivity index (χ2n) is 2.77. The number of furan rings is 1. The molecule has 1 aromatic heterocycles. The van der Waals surface area contributed by atoms with Crippen LogP contribution in [0.2, 0.25) is 0 Å². The van der Waals surface area contributed by atoms with E-state index in [1.807, 2.05) is 11.8 Å². The Kier molecular flexibility index (Phi) is 4.30. The van der Waals surface area contributed by atoms with E-state index >= 15 is 0 Å². The quantitative estimate of drug-likeness (QED) is 0.650. The summed E-state index contributed by atoms with van der Waals surface area (Å²) in [6.45, 7) is 4.31. The van der Waals surface area contributed by atoms with Crippen molar-refractivity contribution >= 4 is 11.8 Å². The zero-order valence-corrected chi connectivity index (χ0v) is 8.62. The summed E-state index contributed by atoms with van der Waals surface area (Å²) in [5.41, 5.74) is 0. The molecule has 0 radical (unpaired) electrons. The smallest absolute Gasteiger partial charge is 0.114 e. The third kappa shape index (κ3) is 2.94. The number of thioether (sulfide) groups is 1. The molecule has 0 aliphatic rings. The van der Waals surface area contributed by atoms with Crippen molar-refractivity contribution in [1.82, 2.24) is 0 Å². The summed E-state index contributed by atoms with van der Waals surface area (Å²) in [5.74, 6) is 4.46. The maximum absolute atomic E-state index is 5.56. The molecule has 0 aromatic carbocycles. The summed E-state index contributed by atoms with van der Waals surface area (Å²) >= 11 is 1.94. The van der Waals surface area contributed by atoms with Crippen LogP contribution in [-0.2, 0) is 12.2 Å². The molecule has 0 bridgehead atoms. The van der Waals surface area contributed by atoms with Gasteiger partial charge in [0.05, 0.1) is 5.75 Å². The maximum Gasteiger partial charge on any atom is 0.114 e. The molecule has 1 aromatic rings. The standard InChI is InChI=1S/C10H16OS/c1-3-7-12-8-10-6-5-9(4-2)11-10/h5-6H,3-4,7-8H2,1-2H3. The fourth-order valence-electron chi connectivity index (χ4n) is 1.01. The Balaban J connectivity index is 2.31. The molecule has 0 N–H and O–H groups in total. The van der Waals surface area contributed by atoms with Gasteiger partial charge in [-0.3, -0.25) is 0 Å². The van der Waals surface area contributed by atoms with Crippen LogP contribution in [0.5, 0.6) is 0 Å². The number of hydrogen-bond donors (Lipinski definition) is 0. The molecular weight excluding hydrogens is 168 g/mol. The Labute approximate surface area is 78.5 Å². The molecule has 1 heterocycles. The molecule has 0 unspecified atom stereocenters. The number of rotatable bonds is 5. The van der Waals surface area contributed by atoms with Gasteiger partial charge in [0.15, 0.2) is 0 Å². The van der Waals surface area contributed by atoms with Crippen LogP contribution in [0.1, 0.15) is 31.8 Å². The van der Waals surface area contributed by atoms with E-state index in [0.717, 1.165) is 23.7 Å². The SMILES string of the molecule is CCCSCc1ccc(CC)o1. The van der Waals surface area contributed by atoms with Crippen molar-refractivity contribution in [2.24, 2.45) is 0 Å². The fraction of sp³-hybridized carbons (Fsp3) is 0.600. The number of aryl methyl sites for hydroxylation is 1. The van der Waals surface area contributed by atoms with E-state index < -0.39 is 0 Å². The highest BCUT2D eigenvalue weighted by Gasteiger charge is 1.99. The Hall–Kier alpha value is -0.370. The Morgan fingerprint density at radius 3 is 2.58 bits per heavy atom. The highest BCUT2D eigenvalue weighted by atomic mass is 32.2. The Morgan fingerprint density at radius 1 is 1.25 bits per heavy atom. The minimum atomic E-state index is 0.998. The maximum atomic E-state index is 5.56. The average molecular weight is 184 g/mol. The van der Waals surface area contributed by atoms with Gasteiger partial charge in [-0.1, -0.05) is 13.8 Å². The predicted molar refractivity (Wildman–Crippen MR) is 54.5 cm³/mol. The topological polar surface area (TPSA) is 13.1 Å². The summed E-state index contributed by atoms with van der Waals surface area (Å²) in [6.07, 6.45) is 2.24. The second-order valence-corrected chi connectivity index (χ2v) is 3.88. The third-order valence-corrected chi connectivity index (χ3v) is 2.84. The summed E-state index contributed by atoms with van der Waals surface area (Å²) in [6, 6.07) is 4.16. The van der Waals surface area contributed by atoms with Crippen molar-refractivity contribution in [3.63, 3.8) is 0 Å². The summed E-state index contributed by atoms with van der Waals surface area (Å²) in [7, 11) is 0. The molecule has 2 heteroatoms. The fourth-order valence-corrected chi connectivity index (χ4v) is 1.80. The van der Waals surface area contributed by atoms with Crippen LogP contribution in [0.4, 0.5) is 0 Å². The van der Waals surface area contributed by atoms with Crippen molar-refractivity contribution in [2.75, 3.05) is 5.75 Å². The van der Waals surface area contributed by atoms with Crippen LogP contribution >= 0.6 is 11.8 Å². The Bertz CT molecular complexity index is 217. The molecule has 0 spiro atoms. The molecule has 0 saturated heterocycles. The highest BCUT2D eigenvalue weighted by Crippen LogP contribution is 2.16. The van der Waals surface area contributed by atoms with E-state index in [9.17, 15) is 0 Å². The van der Waals surface area contributed by atoms with Gasteiger partial charge in [0.2, 0.25) is 0 Å². The molecule has 0 amide bonds. The monoisotopic (exact) mass is 184 g/mol. The first kappa shape index (κ1) is 9.72. The first-order chi connectivity index (χ1) is 5.86. The predicted octanol–water partition coefficient (Wildman–Crippen LogP) is 3.49. The van der Waals surface area contributed by atoms with Gasteiger partial charge in [0.1, 0.15) is 11.5 Å². The van der Waals surface area contributed by atoms with Crippen LogP contribution < -0.4 is 0 Å². The lowest BCUT2D eigenvalue weighted by atomic mass is 10.4. The normalized spacial score (nSPS) is 10.5. The van der Waals surface area contributed by atoms with E-state index in [1.54, 1.807) is 0 Å². The lowest BCUT2D eigenvalue weighted by molar-refractivity contribution is 0.485. The molecule has 0 saturated carbocycles. The van der Waals surface area contributed by atoms with Crippen LogP contribution in [0.3, 0.4) is 0 Å². The molecule has 1 rings (SSSR count). The van der Waals surface area contributed by atoms with Crippen molar-refractivity contribution in [1.29, 1.82) is 0 Å².